The number of H-pyrrole nitrogens is 1. The molecule has 7 fully saturated rings. The van der Waals surface area contributed by atoms with Gasteiger partial charge in [-0.15, -0.1) is 0 Å². The van der Waals surface area contributed by atoms with Crippen LogP contribution >= 0.6 is 0 Å². The van der Waals surface area contributed by atoms with E-state index in [4.69, 9.17) is 4.74 Å². The number of esters is 1. The Morgan fingerprint density at radius 3 is 2.43 bits per heavy atom. The van der Waals surface area contributed by atoms with Crippen LogP contribution in [-0.4, -0.2) is 94.3 Å². The summed E-state index contributed by atoms with van der Waals surface area (Å²) in [5, 5.41) is 0.909. The summed E-state index contributed by atoms with van der Waals surface area (Å²) >= 11 is 0. The van der Waals surface area contributed by atoms with Gasteiger partial charge in [-0.05, 0) is 87.2 Å². The van der Waals surface area contributed by atoms with E-state index in [1.807, 2.05) is 24.3 Å². The lowest BCUT2D eigenvalue weighted by atomic mass is 9.72. The van der Waals surface area contributed by atoms with E-state index in [0.29, 0.717) is 47.8 Å². The molecule has 2 aromatic carbocycles. The zero-order valence-electron chi connectivity index (χ0n) is 26.5. The topological polar surface area (TPSA) is 85.9 Å². The number of fused-ring (bicyclic) bond motifs is 5. The van der Waals surface area contributed by atoms with Gasteiger partial charge in [-0.1, -0.05) is 30.3 Å². The second-order valence-electron chi connectivity index (χ2n) is 15.0. The number of amides is 1. The molecule has 6 bridgehead atoms. The van der Waals surface area contributed by atoms with Gasteiger partial charge < -0.3 is 19.5 Å². The molecule has 46 heavy (non-hydrogen) atoms. The lowest BCUT2D eigenvalue weighted by molar-refractivity contribution is -0.145. The molecule has 8 aliphatic heterocycles. The summed E-state index contributed by atoms with van der Waals surface area (Å²) in [7, 11) is 0. The van der Waals surface area contributed by atoms with Crippen LogP contribution in [0.3, 0.4) is 0 Å². The Labute approximate surface area is 270 Å². The highest BCUT2D eigenvalue weighted by atomic mass is 16.5. The molecule has 8 heteroatoms. The van der Waals surface area contributed by atoms with Crippen LogP contribution in [0, 0.1) is 11.8 Å². The Kier molecular flexibility index (Phi) is 7.08. The van der Waals surface area contributed by atoms with Gasteiger partial charge in [0.05, 0.1) is 12.1 Å². The van der Waals surface area contributed by atoms with Crippen molar-refractivity contribution in [2.24, 2.45) is 11.8 Å². The van der Waals surface area contributed by atoms with E-state index in [1.165, 1.54) is 49.9 Å². The van der Waals surface area contributed by atoms with E-state index in [2.05, 4.69) is 37.9 Å². The number of benzene rings is 2. The van der Waals surface area contributed by atoms with Crippen molar-refractivity contribution in [3.8, 4) is 0 Å². The Balaban J connectivity index is 0.000000127. The van der Waals surface area contributed by atoms with Crippen LogP contribution in [0.4, 0.5) is 0 Å². The van der Waals surface area contributed by atoms with Gasteiger partial charge in [0.1, 0.15) is 11.9 Å². The number of carbonyl (C=O) groups is 3. The first-order valence-electron chi connectivity index (χ1n) is 17.7. The number of carbonyl (C=O) groups excluding carboxylic acids is 3. The van der Waals surface area contributed by atoms with Crippen LogP contribution < -0.4 is 0 Å². The van der Waals surface area contributed by atoms with Crippen LogP contribution in [0.5, 0.6) is 0 Å². The number of nitrogens with one attached hydrogen (secondary N) is 1. The van der Waals surface area contributed by atoms with Crippen molar-refractivity contribution in [3.63, 3.8) is 0 Å². The number of hydrogen-bond acceptors (Lipinski definition) is 6. The van der Waals surface area contributed by atoms with E-state index >= 15 is 0 Å². The molecular formula is C38H44N4O4. The van der Waals surface area contributed by atoms with Gasteiger partial charge in [-0.25, -0.2) is 4.79 Å². The van der Waals surface area contributed by atoms with Gasteiger partial charge in [0.2, 0.25) is 0 Å². The smallest absolute Gasteiger partial charge is 0.340 e. The van der Waals surface area contributed by atoms with E-state index in [9.17, 15) is 14.4 Å². The summed E-state index contributed by atoms with van der Waals surface area (Å²) in [4.78, 5) is 47.9. The average molecular weight is 621 g/mol. The van der Waals surface area contributed by atoms with Crippen LogP contribution in [0.1, 0.15) is 89.1 Å². The minimum absolute atomic E-state index is 0.0356. The fourth-order valence-electron chi connectivity index (χ4n) is 10.3. The molecule has 8 nitrogen and oxygen atoms in total. The Morgan fingerprint density at radius 2 is 1.67 bits per heavy atom. The number of piperidine rings is 7. The second kappa shape index (κ2) is 11.3. The number of hydrogen-bond donors (Lipinski definition) is 1. The number of nitrogens with zero attached hydrogens (tertiary/aromatic N) is 3. The van der Waals surface area contributed by atoms with Crippen molar-refractivity contribution < 1.29 is 19.1 Å². The average Bonchev–Trinajstić information content (AvgIpc) is 3.52. The molecule has 12 rings (SSSR count). The highest BCUT2D eigenvalue weighted by Gasteiger charge is 2.49. The molecular weight excluding hydrogens is 576 g/mol. The summed E-state index contributed by atoms with van der Waals surface area (Å²) in [6, 6.07) is 15.5. The third-order valence-corrected chi connectivity index (χ3v) is 12.5. The number of Topliss-reactive ketones (excluding diaryl/α,β-unsaturated/α-hetero) is 1. The van der Waals surface area contributed by atoms with E-state index in [1.54, 1.807) is 6.20 Å². The number of aromatic nitrogens is 1. The molecule has 9 heterocycles. The molecule has 9 aliphatic rings. The maximum Gasteiger partial charge on any atom is 0.340 e. The van der Waals surface area contributed by atoms with E-state index in [-0.39, 0.29) is 18.0 Å². The SMILES string of the molecule is O=C(O[C@@H]1C[C@@H]2C[C@@H]3C[C@H](C1)N2CC3=O)c1c[nH]c2ccccc12.O=C1c2cccc3c2[C@H](CCC3)CN1[C@@H]1CN2CCC1CC2. The number of ether oxygens (including phenoxy) is 1. The fourth-order valence-corrected chi connectivity index (χ4v) is 10.3. The highest BCUT2D eigenvalue weighted by Crippen LogP contribution is 2.43. The summed E-state index contributed by atoms with van der Waals surface area (Å²) in [5.74, 6) is 2.05. The summed E-state index contributed by atoms with van der Waals surface area (Å²) in [6.07, 6.45) is 11.6. The van der Waals surface area contributed by atoms with Crippen LogP contribution in [0.15, 0.2) is 48.7 Å². The van der Waals surface area contributed by atoms with Crippen molar-refractivity contribution in [1.29, 1.82) is 0 Å². The van der Waals surface area contributed by atoms with E-state index in [0.717, 1.165) is 67.6 Å². The highest BCUT2D eigenvalue weighted by molar-refractivity contribution is 6.04. The second-order valence-corrected chi connectivity index (χ2v) is 15.0. The van der Waals surface area contributed by atoms with Gasteiger partial charge in [-0.2, -0.15) is 0 Å². The maximum atomic E-state index is 13.1. The summed E-state index contributed by atoms with van der Waals surface area (Å²) in [5.41, 5.74) is 5.42. The quantitative estimate of drug-likeness (QED) is 0.407. The molecule has 0 spiro atoms. The van der Waals surface area contributed by atoms with Crippen molar-refractivity contribution in [2.45, 2.75) is 87.9 Å². The first kappa shape index (κ1) is 28.7. The van der Waals surface area contributed by atoms with Gasteiger partial charge in [-0.3, -0.25) is 14.5 Å². The van der Waals surface area contributed by atoms with Crippen LogP contribution in [-0.2, 0) is 16.0 Å². The molecule has 3 aromatic rings. The molecule has 1 amide bonds. The standard InChI is InChI=1S/C19H20N2O3.C19H24N2O/c22-18-10-21-12-5-11(18)6-13(21)8-14(7-12)24-19(23)16-9-20-17-4-2-1-3-15(16)17;22-19-16-6-2-4-14-3-1-5-15(18(14)16)11-21(19)17-12-20-9-7-13(17)8-10-20/h1-4,9,11-14,20H,5-8,10H2;2,4,6,13,15,17H,1,3,5,7-12H2/t11-,12+,13-,14-;15-,17-/m.1/s1. The minimum Gasteiger partial charge on any atom is -0.459 e. The third-order valence-electron chi connectivity index (χ3n) is 12.5. The van der Waals surface area contributed by atoms with Crippen molar-refractivity contribution in [3.05, 3.63) is 70.9 Å². The molecule has 1 N–H and O–H groups in total. The summed E-state index contributed by atoms with van der Waals surface area (Å²) < 4.78 is 5.84. The lowest BCUT2D eigenvalue weighted by Gasteiger charge is -2.54. The molecule has 1 aromatic heterocycles. The lowest BCUT2D eigenvalue weighted by Crippen LogP contribution is -2.63. The predicted molar refractivity (Wildman–Crippen MR) is 175 cm³/mol. The Morgan fingerprint density at radius 1 is 0.870 bits per heavy atom. The molecule has 7 atom stereocenters. The normalized spacial score (nSPS) is 35.4. The number of para-hydroxylation sites is 1. The molecule has 240 valence electrons. The maximum absolute atomic E-state index is 13.1. The third kappa shape index (κ3) is 4.82. The molecule has 1 aliphatic carbocycles. The number of ketones is 1. The van der Waals surface area contributed by atoms with Crippen LogP contribution in [0.25, 0.3) is 10.9 Å². The number of aromatic amines is 1. The first-order valence-corrected chi connectivity index (χ1v) is 17.7. The van der Waals surface area contributed by atoms with Crippen LogP contribution in [0.2, 0.25) is 0 Å². The van der Waals surface area contributed by atoms with E-state index < -0.39 is 0 Å². The summed E-state index contributed by atoms with van der Waals surface area (Å²) in [6.45, 7) is 5.17. The van der Waals surface area contributed by atoms with Crippen molar-refractivity contribution >= 4 is 28.6 Å². The van der Waals surface area contributed by atoms with Gasteiger partial charge in [0.25, 0.3) is 5.91 Å². The number of rotatable bonds is 3. The fraction of sp³-hybridized carbons (Fsp3) is 0.553. The minimum atomic E-state index is -0.242. The predicted octanol–water partition coefficient (Wildman–Crippen LogP) is 5.18. The molecule has 0 saturated carbocycles. The van der Waals surface area contributed by atoms with Gasteiger partial charge in [0.15, 0.2) is 0 Å². The molecule has 1 unspecified atom stereocenters. The zero-order valence-corrected chi connectivity index (χ0v) is 26.5. The van der Waals surface area contributed by atoms with Gasteiger partial charge >= 0.3 is 5.97 Å². The molecule has 0 radical (unpaired) electrons. The molecule has 7 saturated heterocycles. The number of aryl methyl sites for hydroxylation is 1. The Hall–Kier alpha value is -3.49. The van der Waals surface area contributed by atoms with Crippen molar-refractivity contribution in [2.75, 3.05) is 32.7 Å². The van der Waals surface area contributed by atoms with Gasteiger partial charge in [0, 0.05) is 78.6 Å². The van der Waals surface area contributed by atoms with Crippen molar-refractivity contribution in [1.82, 2.24) is 19.7 Å². The monoisotopic (exact) mass is 620 g/mol. The zero-order chi connectivity index (χ0) is 30.9. The Bertz CT molecular complexity index is 1670. The largest absolute Gasteiger partial charge is 0.459 e. The first-order chi connectivity index (χ1) is 22.5.